The summed E-state index contributed by atoms with van der Waals surface area (Å²) in [6.45, 7) is 5.44. The number of rotatable bonds is 5. The van der Waals surface area contributed by atoms with Crippen molar-refractivity contribution < 1.29 is 4.74 Å². The van der Waals surface area contributed by atoms with Crippen molar-refractivity contribution >= 4 is 5.82 Å². The first-order valence-corrected chi connectivity index (χ1v) is 7.71. The number of ether oxygens (including phenoxy) is 1. The van der Waals surface area contributed by atoms with Gasteiger partial charge in [-0.1, -0.05) is 0 Å². The average Bonchev–Trinajstić information content (AvgIpc) is 2.64. The molecule has 118 valence electrons. The molecular weight excluding hydrogens is 290 g/mol. The molecule has 1 saturated heterocycles. The van der Waals surface area contributed by atoms with E-state index in [4.69, 9.17) is 10.00 Å². The van der Waals surface area contributed by atoms with Gasteiger partial charge in [-0.2, -0.15) is 5.26 Å². The lowest BCUT2D eigenvalue weighted by molar-refractivity contribution is 0.200. The van der Waals surface area contributed by atoms with E-state index in [1.54, 1.807) is 24.5 Å². The monoisotopic (exact) mass is 309 g/mol. The van der Waals surface area contributed by atoms with Crippen LogP contribution in [-0.2, 0) is 0 Å². The Morgan fingerprint density at radius 3 is 2.52 bits per heavy atom. The second-order valence-electron chi connectivity index (χ2n) is 5.38. The van der Waals surface area contributed by atoms with Crippen molar-refractivity contribution in [2.75, 3.05) is 44.2 Å². The van der Waals surface area contributed by atoms with Gasteiger partial charge in [0.05, 0.1) is 17.8 Å². The fourth-order valence-corrected chi connectivity index (χ4v) is 2.57. The Morgan fingerprint density at radius 2 is 1.87 bits per heavy atom. The summed E-state index contributed by atoms with van der Waals surface area (Å²) in [5.74, 6) is 1.75. The maximum Gasteiger partial charge on any atom is 0.147 e. The van der Waals surface area contributed by atoms with Crippen LogP contribution in [0.1, 0.15) is 5.56 Å². The van der Waals surface area contributed by atoms with E-state index in [9.17, 15) is 0 Å². The molecule has 1 aromatic heterocycles. The molecule has 0 saturated carbocycles. The molecule has 2 heterocycles. The number of nitrogens with zero attached hydrogens (tertiary/aromatic N) is 5. The van der Waals surface area contributed by atoms with Crippen LogP contribution >= 0.6 is 0 Å². The minimum Gasteiger partial charge on any atom is -0.492 e. The average molecular weight is 309 g/mol. The van der Waals surface area contributed by atoms with Gasteiger partial charge in [0.15, 0.2) is 0 Å². The van der Waals surface area contributed by atoms with Gasteiger partial charge in [0.25, 0.3) is 0 Å². The summed E-state index contributed by atoms with van der Waals surface area (Å²) in [5, 5.41) is 8.77. The lowest BCUT2D eigenvalue weighted by Gasteiger charge is -2.35. The molecule has 2 aromatic rings. The highest BCUT2D eigenvalue weighted by Crippen LogP contribution is 2.13. The molecule has 6 heteroatoms. The Kier molecular flexibility index (Phi) is 5.02. The number of hydrogen-bond acceptors (Lipinski definition) is 6. The van der Waals surface area contributed by atoms with Crippen molar-refractivity contribution in [2.24, 2.45) is 0 Å². The zero-order valence-corrected chi connectivity index (χ0v) is 12.9. The number of aromatic nitrogens is 2. The van der Waals surface area contributed by atoms with Crippen LogP contribution in [0.4, 0.5) is 5.82 Å². The molecule has 1 aliphatic rings. The number of piperazine rings is 1. The van der Waals surface area contributed by atoms with Crippen molar-refractivity contribution in [1.82, 2.24) is 14.9 Å². The van der Waals surface area contributed by atoms with Crippen LogP contribution in [0.2, 0.25) is 0 Å². The molecule has 0 aliphatic carbocycles. The normalized spacial score (nSPS) is 15.2. The highest BCUT2D eigenvalue weighted by molar-refractivity contribution is 5.36. The van der Waals surface area contributed by atoms with E-state index in [1.165, 1.54) is 0 Å². The molecule has 1 fully saturated rings. The minimum absolute atomic E-state index is 0.650. The van der Waals surface area contributed by atoms with Gasteiger partial charge in [0.2, 0.25) is 0 Å². The van der Waals surface area contributed by atoms with E-state index in [0.29, 0.717) is 12.2 Å². The highest BCUT2D eigenvalue weighted by atomic mass is 16.5. The summed E-state index contributed by atoms with van der Waals surface area (Å²) < 4.78 is 5.73. The van der Waals surface area contributed by atoms with Gasteiger partial charge >= 0.3 is 0 Å². The number of hydrogen-bond donors (Lipinski definition) is 0. The zero-order chi connectivity index (χ0) is 15.9. The maximum atomic E-state index is 8.77. The first kappa shape index (κ1) is 15.3. The SMILES string of the molecule is N#Cc1ccc(OCCN2CCN(c3cnccn3)CC2)cc1. The lowest BCUT2D eigenvalue weighted by Crippen LogP contribution is -2.47. The maximum absolute atomic E-state index is 8.77. The van der Waals surface area contributed by atoms with E-state index in [0.717, 1.165) is 44.3 Å². The van der Waals surface area contributed by atoms with Crippen molar-refractivity contribution in [3.05, 3.63) is 48.4 Å². The van der Waals surface area contributed by atoms with E-state index in [-0.39, 0.29) is 0 Å². The largest absolute Gasteiger partial charge is 0.492 e. The van der Waals surface area contributed by atoms with Crippen LogP contribution in [0.15, 0.2) is 42.9 Å². The van der Waals surface area contributed by atoms with Gasteiger partial charge < -0.3 is 9.64 Å². The van der Waals surface area contributed by atoms with Crippen molar-refractivity contribution in [3.8, 4) is 11.8 Å². The molecule has 3 rings (SSSR count). The third-order valence-electron chi connectivity index (χ3n) is 3.91. The summed E-state index contributed by atoms with van der Waals surface area (Å²) in [5.41, 5.74) is 0.650. The van der Waals surface area contributed by atoms with Crippen LogP contribution in [0.5, 0.6) is 5.75 Å². The van der Waals surface area contributed by atoms with Crippen molar-refractivity contribution in [2.45, 2.75) is 0 Å². The van der Waals surface area contributed by atoms with Crippen LogP contribution in [0.3, 0.4) is 0 Å². The van der Waals surface area contributed by atoms with E-state index >= 15 is 0 Å². The summed E-state index contributed by atoms with van der Waals surface area (Å²) >= 11 is 0. The zero-order valence-electron chi connectivity index (χ0n) is 12.9. The van der Waals surface area contributed by atoms with Gasteiger partial charge in [-0.3, -0.25) is 9.88 Å². The molecule has 0 unspecified atom stereocenters. The topological polar surface area (TPSA) is 65.3 Å². The molecule has 0 radical (unpaired) electrons. The summed E-state index contributed by atoms with van der Waals surface area (Å²) in [6.07, 6.45) is 5.23. The van der Waals surface area contributed by atoms with Crippen LogP contribution in [0, 0.1) is 11.3 Å². The molecule has 1 aromatic carbocycles. The fourth-order valence-electron chi connectivity index (χ4n) is 2.57. The Labute approximate surface area is 136 Å². The second-order valence-corrected chi connectivity index (χ2v) is 5.38. The number of anilines is 1. The van der Waals surface area contributed by atoms with Gasteiger partial charge in [-0.15, -0.1) is 0 Å². The van der Waals surface area contributed by atoms with Crippen LogP contribution < -0.4 is 9.64 Å². The fraction of sp³-hybridized carbons (Fsp3) is 0.353. The van der Waals surface area contributed by atoms with Crippen LogP contribution in [-0.4, -0.2) is 54.2 Å². The lowest BCUT2D eigenvalue weighted by atomic mass is 10.2. The smallest absolute Gasteiger partial charge is 0.147 e. The first-order chi connectivity index (χ1) is 11.3. The molecule has 0 N–H and O–H groups in total. The molecule has 1 aliphatic heterocycles. The molecule has 0 bridgehead atoms. The van der Waals surface area contributed by atoms with E-state index in [1.807, 2.05) is 18.3 Å². The summed E-state index contributed by atoms with van der Waals surface area (Å²) in [7, 11) is 0. The standard InChI is InChI=1S/C17H19N5O/c18-13-15-1-3-16(4-2-15)23-12-11-21-7-9-22(10-8-21)17-14-19-5-6-20-17/h1-6,14H,7-12H2. The molecule has 6 nitrogen and oxygen atoms in total. The van der Waals surface area contributed by atoms with E-state index < -0.39 is 0 Å². The quantitative estimate of drug-likeness (QED) is 0.835. The third kappa shape index (κ3) is 4.18. The number of nitriles is 1. The highest BCUT2D eigenvalue weighted by Gasteiger charge is 2.17. The minimum atomic E-state index is 0.650. The predicted molar refractivity (Wildman–Crippen MR) is 87.3 cm³/mol. The predicted octanol–water partition coefficient (Wildman–Crippen LogP) is 1.55. The Morgan fingerprint density at radius 1 is 1.09 bits per heavy atom. The molecule has 0 spiro atoms. The van der Waals surface area contributed by atoms with Crippen LogP contribution in [0.25, 0.3) is 0 Å². The molecular formula is C17H19N5O. The van der Waals surface area contributed by atoms with Gasteiger partial charge in [0.1, 0.15) is 18.2 Å². The van der Waals surface area contributed by atoms with Crippen molar-refractivity contribution in [1.29, 1.82) is 5.26 Å². The van der Waals surface area contributed by atoms with Gasteiger partial charge in [-0.25, -0.2) is 4.98 Å². The van der Waals surface area contributed by atoms with Gasteiger partial charge in [-0.05, 0) is 24.3 Å². The third-order valence-corrected chi connectivity index (χ3v) is 3.91. The Hall–Kier alpha value is -2.65. The second kappa shape index (κ2) is 7.56. The molecule has 0 amide bonds. The molecule has 0 atom stereocenters. The first-order valence-electron chi connectivity index (χ1n) is 7.71. The summed E-state index contributed by atoms with van der Waals surface area (Å²) in [6, 6.07) is 9.32. The van der Waals surface area contributed by atoms with Gasteiger partial charge in [0, 0.05) is 45.1 Å². The molecule has 23 heavy (non-hydrogen) atoms. The Balaban J connectivity index is 1.40. The summed E-state index contributed by atoms with van der Waals surface area (Å²) in [4.78, 5) is 13.1. The van der Waals surface area contributed by atoms with E-state index in [2.05, 4.69) is 25.8 Å². The number of benzene rings is 1. The van der Waals surface area contributed by atoms with Crippen molar-refractivity contribution in [3.63, 3.8) is 0 Å². The Bertz CT molecular complexity index is 645.